The summed E-state index contributed by atoms with van der Waals surface area (Å²) in [7, 11) is 0. The molecule has 1 unspecified atom stereocenters. The Labute approximate surface area is 211 Å². The number of hydrogen-bond donors (Lipinski definition) is 1. The number of hydrogen-bond acceptors (Lipinski definition) is 5. The molecule has 1 aromatic heterocycles. The van der Waals surface area contributed by atoms with E-state index in [2.05, 4.69) is 18.8 Å². The van der Waals surface area contributed by atoms with Crippen LogP contribution >= 0.6 is 0 Å². The molecule has 0 bridgehead atoms. The molecular weight excluding hydrogens is 450 g/mol. The molecule has 3 aromatic rings. The van der Waals surface area contributed by atoms with Gasteiger partial charge in [-0.1, -0.05) is 62.4 Å². The number of benzene rings is 2. The quantitative estimate of drug-likeness (QED) is 0.547. The van der Waals surface area contributed by atoms with E-state index in [9.17, 15) is 9.59 Å². The van der Waals surface area contributed by atoms with Gasteiger partial charge >= 0.3 is 0 Å². The smallest absolute Gasteiger partial charge is 0.262 e. The van der Waals surface area contributed by atoms with Gasteiger partial charge in [0.1, 0.15) is 0 Å². The Hall–Kier alpha value is -4.00. The lowest BCUT2D eigenvalue weighted by atomic mass is 9.83. The summed E-state index contributed by atoms with van der Waals surface area (Å²) in [6, 6.07) is 21.0. The average molecular weight is 482 g/mol. The molecular formula is C29H31N5O2. The third-order valence-electron chi connectivity index (χ3n) is 7.00. The highest BCUT2D eigenvalue weighted by Gasteiger charge is 2.48. The van der Waals surface area contributed by atoms with Crippen LogP contribution in [0.25, 0.3) is 0 Å². The van der Waals surface area contributed by atoms with Crippen LogP contribution in [0.15, 0.2) is 77.9 Å². The van der Waals surface area contributed by atoms with Gasteiger partial charge in [0.05, 0.1) is 18.8 Å². The van der Waals surface area contributed by atoms with Gasteiger partial charge in [-0.25, -0.2) is 4.99 Å². The van der Waals surface area contributed by atoms with Crippen molar-refractivity contribution in [1.82, 2.24) is 14.8 Å². The van der Waals surface area contributed by atoms with E-state index in [1.54, 1.807) is 16.0 Å². The van der Waals surface area contributed by atoms with Gasteiger partial charge in [0.25, 0.3) is 11.8 Å². The average Bonchev–Trinajstić information content (AvgIpc) is 3.43. The Morgan fingerprint density at radius 1 is 1.06 bits per heavy atom. The van der Waals surface area contributed by atoms with Crippen molar-refractivity contribution in [2.24, 2.45) is 16.6 Å². The Bertz CT molecular complexity index is 1300. The SMILES string of the molecule is CC(C)CCC1(c2ccccc2)N=C(N)N(Cc2cccc(C(=O)N3Cc4cccnc4C3)c2)C1=O. The highest BCUT2D eigenvalue weighted by molar-refractivity contribution is 6.07. The topological polar surface area (TPSA) is 91.9 Å². The van der Waals surface area contributed by atoms with E-state index in [0.717, 1.165) is 28.8 Å². The summed E-state index contributed by atoms with van der Waals surface area (Å²) in [4.78, 5) is 39.6. The molecule has 0 aliphatic carbocycles. The van der Waals surface area contributed by atoms with Gasteiger partial charge in [-0.3, -0.25) is 19.5 Å². The zero-order valence-electron chi connectivity index (χ0n) is 20.7. The number of nitrogens with two attached hydrogens (primary N) is 1. The molecule has 3 heterocycles. The molecule has 2 aromatic carbocycles. The first-order valence-electron chi connectivity index (χ1n) is 12.4. The Morgan fingerprint density at radius 2 is 1.86 bits per heavy atom. The van der Waals surface area contributed by atoms with E-state index in [0.29, 0.717) is 31.0 Å². The first-order chi connectivity index (χ1) is 17.4. The highest BCUT2D eigenvalue weighted by Crippen LogP contribution is 2.39. The van der Waals surface area contributed by atoms with Crippen LogP contribution in [-0.4, -0.2) is 32.6 Å². The molecule has 2 aliphatic rings. The van der Waals surface area contributed by atoms with Crippen molar-refractivity contribution < 1.29 is 9.59 Å². The maximum Gasteiger partial charge on any atom is 0.262 e. The fourth-order valence-electron chi connectivity index (χ4n) is 5.00. The van der Waals surface area contributed by atoms with Crippen LogP contribution < -0.4 is 5.73 Å². The molecule has 7 heteroatoms. The molecule has 0 saturated heterocycles. The summed E-state index contributed by atoms with van der Waals surface area (Å²) in [5.41, 5.74) is 9.62. The van der Waals surface area contributed by atoms with E-state index in [-0.39, 0.29) is 24.3 Å². The summed E-state index contributed by atoms with van der Waals surface area (Å²) in [5, 5.41) is 0. The second kappa shape index (κ2) is 9.57. The van der Waals surface area contributed by atoms with Gasteiger partial charge in [0.2, 0.25) is 0 Å². The lowest BCUT2D eigenvalue weighted by Gasteiger charge is -2.27. The number of carbonyl (C=O) groups is 2. The fraction of sp³-hybridized carbons (Fsp3) is 0.310. The minimum absolute atomic E-state index is 0.0557. The van der Waals surface area contributed by atoms with Crippen LogP contribution in [0.4, 0.5) is 0 Å². The van der Waals surface area contributed by atoms with Crippen LogP contribution in [-0.2, 0) is 30.0 Å². The van der Waals surface area contributed by atoms with Crippen molar-refractivity contribution in [3.63, 3.8) is 0 Å². The monoisotopic (exact) mass is 481 g/mol. The number of carbonyl (C=O) groups excluding carboxylic acids is 2. The zero-order valence-corrected chi connectivity index (χ0v) is 20.7. The number of fused-ring (bicyclic) bond motifs is 1. The number of amides is 2. The molecule has 5 rings (SSSR count). The maximum atomic E-state index is 13.9. The Balaban J connectivity index is 1.37. The molecule has 7 nitrogen and oxygen atoms in total. The van der Waals surface area contributed by atoms with Crippen molar-refractivity contribution in [3.8, 4) is 0 Å². The largest absolute Gasteiger partial charge is 0.369 e. The molecule has 0 radical (unpaired) electrons. The normalized spacial score (nSPS) is 19.1. The van der Waals surface area contributed by atoms with Gasteiger partial charge in [0, 0.05) is 18.3 Å². The summed E-state index contributed by atoms with van der Waals surface area (Å²) in [6.07, 6.45) is 3.19. The van der Waals surface area contributed by atoms with E-state index < -0.39 is 5.54 Å². The molecule has 2 amide bonds. The predicted molar refractivity (Wildman–Crippen MR) is 139 cm³/mol. The standard InChI is InChI=1S/C29H31N5O2/c1-20(2)13-14-29(24-11-4-3-5-12-24)27(36)34(28(30)32-29)17-21-8-6-9-22(16-21)26(35)33-18-23-10-7-15-31-25(23)19-33/h3-12,15-16,20H,13-14,17-19H2,1-2H3,(H2,30,32). The third kappa shape index (κ3) is 4.37. The Morgan fingerprint density at radius 3 is 2.61 bits per heavy atom. The van der Waals surface area contributed by atoms with Crippen LogP contribution in [0, 0.1) is 5.92 Å². The van der Waals surface area contributed by atoms with E-state index in [1.807, 2.05) is 66.7 Å². The molecule has 1 atom stereocenters. The van der Waals surface area contributed by atoms with Crippen molar-refractivity contribution in [1.29, 1.82) is 0 Å². The number of aliphatic imine (C=N–C) groups is 1. The zero-order chi connectivity index (χ0) is 25.3. The minimum Gasteiger partial charge on any atom is -0.369 e. The fourth-order valence-corrected chi connectivity index (χ4v) is 5.00. The molecule has 0 fully saturated rings. The van der Waals surface area contributed by atoms with Crippen LogP contribution in [0.3, 0.4) is 0 Å². The highest BCUT2D eigenvalue weighted by atomic mass is 16.2. The summed E-state index contributed by atoms with van der Waals surface area (Å²) >= 11 is 0. The van der Waals surface area contributed by atoms with Gasteiger partial charge in [-0.05, 0) is 53.6 Å². The summed E-state index contributed by atoms with van der Waals surface area (Å²) < 4.78 is 0. The molecule has 2 aliphatic heterocycles. The number of guanidine groups is 1. The van der Waals surface area contributed by atoms with Gasteiger partial charge in [0.15, 0.2) is 11.5 Å². The second-order valence-electron chi connectivity index (χ2n) is 9.99. The summed E-state index contributed by atoms with van der Waals surface area (Å²) in [5.74, 6) is 0.466. The lowest BCUT2D eigenvalue weighted by Crippen LogP contribution is -2.42. The second-order valence-corrected chi connectivity index (χ2v) is 9.99. The third-order valence-corrected chi connectivity index (χ3v) is 7.00. The Kier molecular flexibility index (Phi) is 6.31. The molecule has 0 saturated carbocycles. The van der Waals surface area contributed by atoms with Crippen molar-refractivity contribution in [2.45, 2.75) is 51.9 Å². The number of pyridine rings is 1. The van der Waals surface area contributed by atoms with Crippen molar-refractivity contribution in [3.05, 3.63) is 101 Å². The molecule has 184 valence electrons. The summed E-state index contributed by atoms with van der Waals surface area (Å²) in [6.45, 7) is 5.58. The van der Waals surface area contributed by atoms with E-state index in [4.69, 9.17) is 10.7 Å². The minimum atomic E-state index is -1.02. The van der Waals surface area contributed by atoms with E-state index in [1.165, 1.54) is 0 Å². The molecule has 2 N–H and O–H groups in total. The first kappa shape index (κ1) is 23.7. The maximum absolute atomic E-state index is 13.9. The van der Waals surface area contributed by atoms with Gasteiger partial charge in [-0.15, -0.1) is 0 Å². The predicted octanol–water partition coefficient (Wildman–Crippen LogP) is 4.23. The first-order valence-corrected chi connectivity index (χ1v) is 12.4. The molecule has 0 spiro atoms. The van der Waals surface area contributed by atoms with Crippen LogP contribution in [0.1, 0.15) is 59.4 Å². The van der Waals surface area contributed by atoms with Crippen LogP contribution in [0.2, 0.25) is 0 Å². The van der Waals surface area contributed by atoms with E-state index >= 15 is 0 Å². The van der Waals surface area contributed by atoms with Crippen molar-refractivity contribution >= 4 is 17.8 Å². The molecule has 36 heavy (non-hydrogen) atoms. The number of rotatable bonds is 7. The number of nitrogens with zero attached hydrogens (tertiary/aromatic N) is 4. The lowest BCUT2D eigenvalue weighted by molar-refractivity contribution is -0.132. The van der Waals surface area contributed by atoms with Gasteiger partial charge in [-0.2, -0.15) is 0 Å². The number of aromatic nitrogens is 1. The van der Waals surface area contributed by atoms with Gasteiger partial charge < -0.3 is 10.6 Å². The van der Waals surface area contributed by atoms with Crippen LogP contribution in [0.5, 0.6) is 0 Å². The van der Waals surface area contributed by atoms with Crippen molar-refractivity contribution in [2.75, 3.05) is 0 Å².